The van der Waals surface area contributed by atoms with Crippen LogP contribution in [0.2, 0.25) is 0 Å². The van der Waals surface area contributed by atoms with Crippen LogP contribution in [-0.4, -0.2) is 12.1 Å². The molecule has 2 rings (SSSR count). The van der Waals surface area contributed by atoms with Crippen LogP contribution in [0.25, 0.3) is 0 Å². The monoisotopic (exact) mass is 211 g/mol. The van der Waals surface area contributed by atoms with E-state index in [-0.39, 0.29) is 11.6 Å². The number of nitrogens with one attached hydrogen (secondary N) is 1. The smallest absolute Gasteiger partial charge is 0.129 e. The van der Waals surface area contributed by atoms with Gasteiger partial charge in [0.05, 0.1) is 0 Å². The molecule has 82 valence electrons. The van der Waals surface area contributed by atoms with Gasteiger partial charge in [0, 0.05) is 17.6 Å². The lowest BCUT2D eigenvalue weighted by molar-refractivity contribution is 0.498. The van der Waals surface area contributed by atoms with Crippen molar-refractivity contribution in [3.8, 4) is 0 Å². The fourth-order valence-electron chi connectivity index (χ4n) is 1.74. The van der Waals surface area contributed by atoms with Crippen LogP contribution in [0, 0.1) is 11.6 Å². The first-order chi connectivity index (χ1) is 7.16. The maximum atomic E-state index is 13.3. The molecule has 0 aromatic heterocycles. The van der Waals surface area contributed by atoms with Crippen molar-refractivity contribution < 1.29 is 8.78 Å². The van der Waals surface area contributed by atoms with Crippen molar-refractivity contribution in [3.63, 3.8) is 0 Å². The Morgan fingerprint density at radius 2 is 1.93 bits per heavy atom. The van der Waals surface area contributed by atoms with Gasteiger partial charge in [-0.15, -0.1) is 0 Å². The molecule has 1 N–H and O–H groups in total. The summed E-state index contributed by atoms with van der Waals surface area (Å²) in [6, 6.07) is 4.70. The SMILES string of the molecule is CC(Cc1c(F)cccc1F)NC1CC1. The highest BCUT2D eigenvalue weighted by Gasteiger charge is 2.23. The number of rotatable bonds is 4. The molecule has 1 aromatic carbocycles. The molecule has 1 aliphatic rings. The first kappa shape index (κ1) is 10.6. The van der Waals surface area contributed by atoms with E-state index in [0.717, 1.165) is 0 Å². The quantitative estimate of drug-likeness (QED) is 0.807. The zero-order chi connectivity index (χ0) is 10.8. The Balaban J connectivity index is 2.01. The third kappa shape index (κ3) is 2.75. The van der Waals surface area contributed by atoms with Crippen molar-refractivity contribution >= 4 is 0 Å². The molecule has 3 heteroatoms. The van der Waals surface area contributed by atoms with Crippen LogP contribution in [0.1, 0.15) is 25.3 Å². The van der Waals surface area contributed by atoms with Crippen molar-refractivity contribution in [2.75, 3.05) is 0 Å². The summed E-state index contributed by atoms with van der Waals surface area (Å²) in [6.45, 7) is 1.96. The van der Waals surface area contributed by atoms with E-state index < -0.39 is 11.6 Å². The second kappa shape index (κ2) is 4.27. The van der Waals surface area contributed by atoms with Gasteiger partial charge in [-0.3, -0.25) is 0 Å². The van der Waals surface area contributed by atoms with Gasteiger partial charge in [0.25, 0.3) is 0 Å². The van der Waals surface area contributed by atoms with E-state index in [1.54, 1.807) is 0 Å². The first-order valence-corrected chi connectivity index (χ1v) is 5.35. The molecular formula is C12H15F2N. The molecule has 1 aliphatic carbocycles. The van der Waals surface area contributed by atoms with Crippen LogP contribution in [0.4, 0.5) is 8.78 Å². The topological polar surface area (TPSA) is 12.0 Å². The van der Waals surface area contributed by atoms with Crippen LogP contribution in [0.3, 0.4) is 0 Å². The third-order valence-electron chi connectivity index (χ3n) is 2.67. The second-order valence-corrected chi connectivity index (χ2v) is 4.25. The minimum Gasteiger partial charge on any atom is -0.311 e. The number of hydrogen-bond donors (Lipinski definition) is 1. The van der Waals surface area contributed by atoms with E-state index >= 15 is 0 Å². The molecule has 0 bridgehead atoms. The van der Waals surface area contributed by atoms with E-state index in [4.69, 9.17) is 0 Å². The van der Waals surface area contributed by atoms with Crippen LogP contribution >= 0.6 is 0 Å². The van der Waals surface area contributed by atoms with E-state index in [1.165, 1.54) is 31.0 Å². The second-order valence-electron chi connectivity index (χ2n) is 4.25. The third-order valence-corrected chi connectivity index (χ3v) is 2.67. The van der Waals surface area contributed by atoms with Crippen LogP contribution < -0.4 is 5.32 Å². The Hall–Kier alpha value is -0.960. The Morgan fingerprint density at radius 1 is 1.33 bits per heavy atom. The molecule has 0 saturated heterocycles. The maximum Gasteiger partial charge on any atom is 0.129 e. The van der Waals surface area contributed by atoms with Gasteiger partial charge in [-0.1, -0.05) is 6.07 Å². The van der Waals surface area contributed by atoms with Crippen molar-refractivity contribution in [2.45, 2.75) is 38.3 Å². The molecule has 0 amide bonds. The Labute approximate surface area is 88.5 Å². The van der Waals surface area contributed by atoms with Crippen molar-refractivity contribution in [1.82, 2.24) is 5.32 Å². The summed E-state index contributed by atoms with van der Waals surface area (Å²) >= 11 is 0. The fourth-order valence-corrected chi connectivity index (χ4v) is 1.74. The molecule has 0 heterocycles. The largest absolute Gasteiger partial charge is 0.311 e. The fraction of sp³-hybridized carbons (Fsp3) is 0.500. The molecule has 1 atom stereocenters. The lowest BCUT2D eigenvalue weighted by atomic mass is 10.1. The van der Waals surface area contributed by atoms with Gasteiger partial charge in [0.2, 0.25) is 0 Å². The van der Waals surface area contributed by atoms with Crippen molar-refractivity contribution in [1.29, 1.82) is 0 Å². The van der Waals surface area contributed by atoms with Gasteiger partial charge in [-0.05, 0) is 38.3 Å². The lowest BCUT2D eigenvalue weighted by Crippen LogP contribution is -2.30. The minimum atomic E-state index is -0.445. The number of hydrogen-bond acceptors (Lipinski definition) is 1. The van der Waals surface area contributed by atoms with E-state index in [2.05, 4.69) is 5.32 Å². The molecule has 0 aliphatic heterocycles. The van der Waals surface area contributed by atoms with Crippen molar-refractivity contribution in [3.05, 3.63) is 35.4 Å². The van der Waals surface area contributed by atoms with Crippen LogP contribution in [0.15, 0.2) is 18.2 Å². The van der Waals surface area contributed by atoms with Gasteiger partial charge in [-0.2, -0.15) is 0 Å². The predicted molar refractivity (Wildman–Crippen MR) is 55.7 cm³/mol. The molecular weight excluding hydrogens is 196 g/mol. The molecule has 1 nitrogen and oxygen atoms in total. The van der Waals surface area contributed by atoms with Crippen LogP contribution in [-0.2, 0) is 6.42 Å². The van der Waals surface area contributed by atoms with E-state index in [0.29, 0.717) is 12.5 Å². The zero-order valence-electron chi connectivity index (χ0n) is 8.76. The van der Waals surface area contributed by atoms with Gasteiger partial charge in [0.1, 0.15) is 11.6 Å². The zero-order valence-corrected chi connectivity index (χ0v) is 8.76. The summed E-state index contributed by atoms with van der Waals surface area (Å²) in [7, 11) is 0. The average Bonchev–Trinajstić information content (AvgIpc) is 2.95. The normalized spacial score (nSPS) is 17.8. The molecule has 15 heavy (non-hydrogen) atoms. The van der Waals surface area contributed by atoms with E-state index in [1.807, 2.05) is 6.92 Å². The highest BCUT2D eigenvalue weighted by atomic mass is 19.1. The van der Waals surface area contributed by atoms with Crippen LogP contribution in [0.5, 0.6) is 0 Å². The summed E-state index contributed by atoms with van der Waals surface area (Å²) < 4.78 is 26.6. The van der Waals surface area contributed by atoms with Gasteiger partial charge >= 0.3 is 0 Å². The maximum absolute atomic E-state index is 13.3. The predicted octanol–water partition coefficient (Wildman–Crippen LogP) is 2.65. The highest BCUT2D eigenvalue weighted by molar-refractivity contribution is 5.20. The molecule has 1 aromatic rings. The molecule has 0 radical (unpaired) electrons. The van der Waals surface area contributed by atoms with Gasteiger partial charge in [0.15, 0.2) is 0 Å². The minimum absolute atomic E-state index is 0.129. The molecule has 1 unspecified atom stereocenters. The Bertz CT molecular complexity index is 327. The van der Waals surface area contributed by atoms with Gasteiger partial charge < -0.3 is 5.32 Å². The summed E-state index contributed by atoms with van der Waals surface area (Å²) in [5, 5.41) is 3.32. The van der Waals surface area contributed by atoms with E-state index in [9.17, 15) is 8.78 Å². The Morgan fingerprint density at radius 3 is 2.47 bits per heavy atom. The first-order valence-electron chi connectivity index (χ1n) is 5.35. The average molecular weight is 211 g/mol. The van der Waals surface area contributed by atoms with Gasteiger partial charge in [-0.25, -0.2) is 8.78 Å². The standard InChI is InChI=1S/C12H15F2N/c1-8(15-9-5-6-9)7-10-11(13)3-2-4-12(10)14/h2-4,8-9,15H,5-7H2,1H3. The summed E-state index contributed by atoms with van der Waals surface area (Å²) in [5.74, 6) is -0.890. The summed E-state index contributed by atoms with van der Waals surface area (Å²) in [4.78, 5) is 0. The van der Waals surface area contributed by atoms with Crippen molar-refractivity contribution in [2.24, 2.45) is 0 Å². The number of benzene rings is 1. The highest BCUT2D eigenvalue weighted by Crippen LogP contribution is 2.21. The Kier molecular flexibility index (Phi) is 3.00. The summed E-state index contributed by atoms with van der Waals surface area (Å²) in [5.41, 5.74) is 0.193. The molecule has 1 fully saturated rings. The molecule has 0 spiro atoms. The lowest BCUT2D eigenvalue weighted by Gasteiger charge is -2.14. The molecule has 1 saturated carbocycles. The number of halogens is 2. The summed E-state index contributed by atoms with van der Waals surface area (Å²) in [6.07, 6.45) is 2.78.